The number of fused-ring (bicyclic) bond motifs is 5. The molecule has 130 valence electrons. The first kappa shape index (κ1) is 15.9. The number of para-hydroxylation sites is 1. The predicted octanol–water partition coefficient (Wildman–Crippen LogP) is 2.05. The summed E-state index contributed by atoms with van der Waals surface area (Å²) in [5.74, 6) is 1.37. The van der Waals surface area contributed by atoms with Gasteiger partial charge < -0.3 is 20.1 Å². The lowest BCUT2D eigenvalue weighted by Gasteiger charge is -2.31. The van der Waals surface area contributed by atoms with Crippen LogP contribution in [0.1, 0.15) is 43.6 Å². The number of nitrogens with zero attached hydrogens (tertiary/aromatic N) is 1. The summed E-state index contributed by atoms with van der Waals surface area (Å²) in [5.41, 5.74) is 7.46. The quantitative estimate of drug-likeness (QED) is 0.791. The molecule has 1 aliphatic carbocycles. The molecule has 0 aromatic heterocycles. The first-order chi connectivity index (χ1) is 11.7. The second-order valence-electron chi connectivity index (χ2n) is 7.24. The van der Waals surface area contributed by atoms with E-state index >= 15 is 0 Å². The molecule has 5 rings (SSSR count). The number of hydrogen-bond donors (Lipinski definition) is 1. The van der Waals surface area contributed by atoms with E-state index in [-0.39, 0.29) is 24.6 Å². The molecule has 0 unspecified atom stereocenters. The Balaban J connectivity index is 1.61. The zero-order valence-electron chi connectivity index (χ0n) is 14.0. The van der Waals surface area contributed by atoms with Gasteiger partial charge in [0.25, 0.3) is 5.91 Å². The van der Waals surface area contributed by atoms with E-state index in [2.05, 4.69) is 12.1 Å². The molecule has 0 radical (unpaired) electrons. The van der Waals surface area contributed by atoms with Gasteiger partial charge in [-0.25, -0.2) is 0 Å². The Kier molecular flexibility index (Phi) is 4.46. The van der Waals surface area contributed by atoms with E-state index in [1.807, 2.05) is 17.0 Å². The number of hydrogen-bond acceptors (Lipinski definition) is 4. The van der Waals surface area contributed by atoms with Crippen molar-refractivity contribution in [1.29, 1.82) is 0 Å². The van der Waals surface area contributed by atoms with Gasteiger partial charge in [-0.05, 0) is 49.7 Å². The van der Waals surface area contributed by atoms with Crippen molar-refractivity contribution in [2.45, 2.75) is 56.2 Å². The lowest BCUT2D eigenvalue weighted by molar-refractivity contribution is -0.136. The number of benzene rings is 1. The molecule has 5 nitrogen and oxygen atoms in total. The minimum absolute atomic E-state index is 0.00250. The van der Waals surface area contributed by atoms with Gasteiger partial charge in [-0.1, -0.05) is 18.2 Å². The van der Waals surface area contributed by atoms with Gasteiger partial charge >= 0.3 is 0 Å². The summed E-state index contributed by atoms with van der Waals surface area (Å²) in [6, 6.07) is 8.14. The van der Waals surface area contributed by atoms with Crippen LogP contribution >= 0.6 is 0 Å². The van der Waals surface area contributed by atoms with Crippen LogP contribution in [0, 0.1) is 0 Å². The molecule has 1 saturated carbocycles. The third kappa shape index (κ3) is 3.03. The number of nitrogens with two attached hydrogens (primary N) is 1. The molecule has 1 saturated heterocycles. The van der Waals surface area contributed by atoms with E-state index in [1.165, 1.54) is 5.56 Å². The number of ether oxygens (including phenoxy) is 2. The number of rotatable bonds is 0. The summed E-state index contributed by atoms with van der Waals surface area (Å²) < 4.78 is 12.1. The van der Waals surface area contributed by atoms with Crippen LogP contribution < -0.4 is 10.5 Å². The second kappa shape index (κ2) is 6.73. The molecule has 3 aliphatic heterocycles. The Bertz CT molecular complexity index is 598. The Morgan fingerprint density at radius 1 is 1.08 bits per heavy atom. The minimum atomic E-state index is -0.0187. The summed E-state index contributed by atoms with van der Waals surface area (Å²) in [5, 5.41) is 0. The summed E-state index contributed by atoms with van der Waals surface area (Å²) in [6.07, 6.45) is 5.48. The summed E-state index contributed by atoms with van der Waals surface area (Å²) in [4.78, 5) is 14.5. The average molecular weight is 330 g/mol. The van der Waals surface area contributed by atoms with Crippen molar-refractivity contribution >= 4 is 5.91 Å². The molecule has 2 fully saturated rings. The molecule has 2 atom stereocenters. The maximum Gasteiger partial charge on any atom is 0.260 e. The van der Waals surface area contributed by atoms with Crippen molar-refractivity contribution in [1.82, 2.24) is 4.90 Å². The third-order valence-electron chi connectivity index (χ3n) is 5.81. The monoisotopic (exact) mass is 330 g/mol. The van der Waals surface area contributed by atoms with Gasteiger partial charge in [-0.15, -0.1) is 0 Å². The van der Waals surface area contributed by atoms with E-state index in [9.17, 15) is 4.79 Å². The maximum atomic E-state index is 12.6. The molecule has 0 spiro atoms. The number of carbonyl (C=O) groups is 1. The van der Waals surface area contributed by atoms with Gasteiger partial charge in [-0.2, -0.15) is 0 Å². The van der Waals surface area contributed by atoms with Crippen molar-refractivity contribution in [2.75, 3.05) is 19.8 Å². The van der Waals surface area contributed by atoms with Crippen LogP contribution in [0.5, 0.6) is 5.75 Å². The Hall–Kier alpha value is -1.59. The molecule has 2 bridgehead atoms. The van der Waals surface area contributed by atoms with Crippen LogP contribution in [-0.4, -0.2) is 48.8 Å². The zero-order chi connectivity index (χ0) is 16.5. The van der Waals surface area contributed by atoms with Crippen molar-refractivity contribution in [3.63, 3.8) is 0 Å². The molecule has 2 N–H and O–H groups in total. The molecule has 3 heterocycles. The fourth-order valence-electron chi connectivity index (χ4n) is 4.35. The van der Waals surface area contributed by atoms with Crippen LogP contribution in [0.3, 0.4) is 0 Å². The second-order valence-corrected chi connectivity index (χ2v) is 7.24. The smallest absolute Gasteiger partial charge is 0.260 e. The van der Waals surface area contributed by atoms with Crippen LogP contribution in [0.2, 0.25) is 0 Å². The van der Waals surface area contributed by atoms with Gasteiger partial charge in [-0.3, -0.25) is 4.79 Å². The van der Waals surface area contributed by atoms with Gasteiger partial charge in [0, 0.05) is 12.6 Å². The van der Waals surface area contributed by atoms with Gasteiger partial charge in [0.1, 0.15) is 5.75 Å². The SMILES string of the molecule is N[C@H]1CCN2C(=O)COc3ccccc3C3CCC(CC3)OC[C@@H]12. The van der Waals surface area contributed by atoms with Crippen molar-refractivity contribution in [2.24, 2.45) is 5.73 Å². The molecule has 24 heavy (non-hydrogen) atoms. The van der Waals surface area contributed by atoms with E-state index in [4.69, 9.17) is 15.2 Å². The number of amides is 1. The van der Waals surface area contributed by atoms with Crippen molar-refractivity contribution < 1.29 is 14.3 Å². The van der Waals surface area contributed by atoms with Crippen molar-refractivity contribution in [3.05, 3.63) is 29.8 Å². The highest BCUT2D eigenvalue weighted by Gasteiger charge is 2.36. The molecule has 1 amide bonds. The van der Waals surface area contributed by atoms with E-state index in [0.717, 1.165) is 37.9 Å². The van der Waals surface area contributed by atoms with Gasteiger partial charge in [0.2, 0.25) is 0 Å². The van der Waals surface area contributed by atoms with Crippen LogP contribution in [-0.2, 0) is 9.53 Å². The lowest BCUT2D eigenvalue weighted by atomic mass is 9.82. The van der Waals surface area contributed by atoms with Gasteiger partial charge in [0.15, 0.2) is 6.61 Å². The van der Waals surface area contributed by atoms with Crippen LogP contribution in [0.15, 0.2) is 24.3 Å². The highest BCUT2D eigenvalue weighted by atomic mass is 16.5. The standard InChI is InChI=1S/C19H26N2O3/c20-16-9-10-21-17(16)11-23-14-7-5-13(6-8-14)15-3-1-2-4-18(15)24-12-19(21)22/h1-4,13-14,16-17H,5-12,20H2/t13?,14?,16-,17-/m0/s1. The number of carbonyl (C=O) groups excluding carboxylic acids is 1. The Labute approximate surface area is 143 Å². The molecule has 4 aliphatic rings. The molecule has 1 aromatic rings. The highest BCUT2D eigenvalue weighted by Crippen LogP contribution is 2.38. The largest absolute Gasteiger partial charge is 0.483 e. The molecule has 5 heteroatoms. The molecule has 1 aromatic carbocycles. The predicted molar refractivity (Wildman–Crippen MR) is 91.0 cm³/mol. The summed E-state index contributed by atoms with van der Waals surface area (Å²) in [6.45, 7) is 1.33. The third-order valence-corrected chi connectivity index (χ3v) is 5.81. The first-order valence-corrected chi connectivity index (χ1v) is 9.11. The topological polar surface area (TPSA) is 64.8 Å². The van der Waals surface area contributed by atoms with E-state index < -0.39 is 0 Å². The fraction of sp³-hybridized carbons (Fsp3) is 0.632. The fourth-order valence-corrected chi connectivity index (χ4v) is 4.35. The van der Waals surface area contributed by atoms with Crippen LogP contribution in [0.4, 0.5) is 0 Å². The molecular weight excluding hydrogens is 304 g/mol. The van der Waals surface area contributed by atoms with E-state index in [1.54, 1.807) is 0 Å². The lowest BCUT2D eigenvalue weighted by Crippen LogP contribution is -2.47. The zero-order valence-corrected chi connectivity index (χ0v) is 14.0. The highest BCUT2D eigenvalue weighted by molar-refractivity contribution is 5.78. The summed E-state index contributed by atoms with van der Waals surface area (Å²) in [7, 11) is 0. The van der Waals surface area contributed by atoms with Crippen LogP contribution in [0.25, 0.3) is 0 Å². The Morgan fingerprint density at radius 2 is 1.88 bits per heavy atom. The maximum absolute atomic E-state index is 12.6. The average Bonchev–Trinajstić information content (AvgIpc) is 2.99. The first-order valence-electron chi connectivity index (χ1n) is 9.11. The van der Waals surface area contributed by atoms with E-state index in [0.29, 0.717) is 25.2 Å². The Morgan fingerprint density at radius 3 is 2.71 bits per heavy atom. The van der Waals surface area contributed by atoms with Crippen molar-refractivity contribution in [3.8, 4) is 5.75 Å². The van der Waals surface area contributed by atoms with Gasteiger partial charge in [0.05, 0.1) is 18.8 Å². The minimum Gasteiger partial charge on any atom is -0.483 e. The normalized spacial score (nSPS) is 33.7. The molecular formula is C19H26N2O3. The summed E-state index contributed by atoms with van der Waals surface area (Å²) >= 11 is 0.